The first-order valence-corrected chi connectivity index (χ1v) is 6.42. The van der Waals surface area contributed by atoms with E-state index in [9.17, 15) is 0 Å². The van der Waals surface area contributed by atoms with E-state index in [1.54, 1.807) is 0 Å². The first-order valence-electron chi connectivity index (χ1n) is 6.42. The third kappa shape index (κ3) is 6.88. The Kier molecular flexibility index (Phi) is 7.88. The molecule has 1 fully saturated rings. The molecular weight excluding hydrogens is 188 g/mol. The Morgan fingerprint density at radius 3 is 2.80 bits per heavy atom. The molecule has 90 valence electrons. The summed E-state index contributed by atoms with van der Waals surface area (Å²) >= 11 is 0. The molecule has 0 bridgehead atoms. The Morgan fingerprint density at radius 1 is 1.27 bits per heavy atom. The van der Waals surface area contributed by atoms with Crippen molar-refractivity contribution < 1.29 is 4.74 Å². The summed E-state index contributed by atoms with van der Waals surface area (Å²) in [6.07, 6.45) is 4.94. The van der Waals surface area contributed by atoms with E-state index in [-0.39, 0.29) is 0 Å². The molecule has 0 unspecified atom stereocenters. The molecule has 15 heavy (non-hydrogen) atoms. The molecule has 3 heteroatoms. The molecule has 1 rings (SSSR count). The molecule has 0 atom stereocenters. The van der Waals surface area contributed by atoms with Crippen molar-refractivity contribution in [3.8, 4) is 0 Å². The van der Waals surface area contributed by atoms with Gasteiger partial charge < -0.3 is 15.4 Å². The monoisotopic (exact) mass is 214 g/mol. The van der Waals surface area contributed by atoms with Crippen molar-refractivity contribution in [3.05, 3.63) is 0 Å². The van der Waals surface area contributed by atoms with Gasteiger partial charge in [-0.3, -0.25) is 0 Å². The van der Waals surface area contributed by atoms with Crippen LogP contribution in [-0.4, -0.2) is 39.4 Å². The number of ether oxygens (including phenoxy) is 1. The lowest BCUT2D eigenvalue weighted by atomic mass is 9.98. The van der Waals surface area contributed by atoms with E-state index in [0.29, 0.717) is 0 Å². The smallest absolute Gasteiger partial charge is 0.0478 e. The molecule has 1 heterocycles. The van der Waals surface area contributed by atoms with E-state index in [2.05, 4.69) is 17.6 Å². The van der Waals surface area contributed by atoms with Crippen LogP contribution in [0.4, 0.5) is 0 Å². The van der Waals surface area contributed by atoms with Gasteiger partial charge >= 0.3 is 0 Å². The minimum atomic E-state index is 0.891. The van der Waals surface area contributed by atoms with Crippen molar-refractivity contribution in [1.82, 2.24) is 10.6 Å². The van der Waals surface area contributed by atoms with Crippen LogP contribution < -0.4 is 10.6 Å². The Bertz CT molecular complexity index is 136. The minimum absolute atomic E-state index is 0.891. The van der Waals surface area contributed by atoms with Crippen LogP contribution in [-0.2, 0) is 4.74 Å². The Balaban J connectivity index is 1.79. The summed E-state index contributed by atoms with van der Waals surface area (Å²) in [7, 11) is 0. The van der Waals surface area contributed by atoms with Crippen molar-refractivity contribution in [1.29, 1.82) is 0 Å². The lowest BCUT2D eigenvalue weighted by Crippen LogP contribution is -2.34. The molecule has 0 radical (unpaired) electrons. The highest BCUT2D eigenvalue weighted by Gasteiger charge is 2.11. The second-order valence-electron chi connectivity index (χ2n) is 4.36. The van der Waals surface area contributed by atoms with Gasteiger partial charge in [-0.1, -0.05) is 6.92 Å². The predicted octanol–water partition coefficient (Wildman–Crippen LogP) is 1.39. The Labute approximate surface area is 94.0 Å². The second-order valence-corrected chi connectivity index (χ2v) is 4.36. The number of hydrogen-bond donors (Lipinski definition) is 2. The SMILES string of the molecule is CCCOCCCNCC1CCNCC1. The molecule has 0 amide bonds. The average molecular weight is 214 g/mol. The molecule has 3 nitrogen and oxygen atoms in total. The summed E-state index contributed by atoms with van der Waals surface area (Å²) in [5, 5.41) is 6.92. The molecule has 1 aliphatic heterocycles. The molecular formula is C12H26N2O. The lowest BCUT2D eigenvalue weighted by molar-refractivity contribution is 0.132. The highest BCUT2D eigenvalue weighted by atomic mass is 16.5. The van der Waals surface area contributed by atoms with Gasteiger partial charge in [-0.05, 0) is 57.8 Å². The third-order valence-corrected chi connectivity index (χ3v) is 2.88. The van der Waals surface area contributed by atoms with Gasteiger partial charge in [0.2, 0.25) is 0 Å². The Morgan fingerprint density at radius 2 is 2.07 bits per heavy atom. The van der Waals surface area contributed by atoms with E-state index in [4.69, 9.17) is 4.74 Å². The predicted molar refractivity (Wildman–Crippen MR) is 64.2 cm³/mol. The van der Waals surface area contributed by atoms with Crippen LogP contribution >= 0.6 is 0 Å². The quantitative estimate of drug-likeness (QED) is 0.599. The molecule has 1 saturated heterocycles. The molecule has 1 aliphatic rings. The van der Waals surface area contributed by atoms with Gasteiger partial charge in [0.15, 0.2) is 0 Å². The molecule has 0 aliphatic carbocycles. The van der Waals surface area contributed by atoms with E-state index < -0.39 is 0 Å². The maximum Gasteiger partial charge on any atom is 0.0478 e. The van der Waals surface area contributed by atoms with Crippen molar-refractivity contribution in [2.75, 3.05) is 39.4 Å². The van der Waals surface area contributed by atoms with Crippen LogP contribution in [0.2, 0.25) is 0 Å². The first-order chi connectivity index (χ1) is 7.43. The van der Waals surface area contributed by atoms with E-state index in [0.717, 1.165) is 38.5 Å². The standard InChI is InChI=1S/C12H26N2O/c1-2-9-15-10-3-6-14-11-12-4-7-13-8-5-12/h12-14H,2-11H2,1H3. The topological polar surface area (TPSA) is 33.3 Å². The van der Waals surface area contributed by atoms with Gasteiger partial charge in [-0.25, -0.2) is 0 Å². The summed E-state index contributed by atoms with van der Waals surface area (Å²) in [6.45, 7) is 8.66. The summed E-state index contributed by atoms with van der Waals surface area (Å²) < 4.78 is 5.42. The molecule has 0 aromatic heterocycles. The molecule has 0 aromatic carbocycles. The van der Waals surface area contributed by atoms with Gasteiger partial charge in [0.05, 0.1) is 0 Å². The zero-order valence-electron chi connectivity index (χ0n) is 10.1. The van der Waals surface area contributed by atoms with Crippen LogP contribution in [0.3, 0.4) is 0 Å². The van der Waals surface area contributed by atoms with E-state index >= 15 is 0 Å². The van der Waals surface area contributed by atoms with Crippen LogP contribution in [0.15, 0.2) is 0 Å². The fraction of sp³-hybridized carbons (Fsp3) is 1.00. The zero-order chi connectivity index (χ0) is 10.8. The highest BCUT2D eigenvalue weighted by molar-refractivity contribution is 4.70. The summed E-state index contributed by atoms with van der Waals surface area (Å²) in [5.41, 5.74) is 0. The maximum absolute atomic E-state index is 5.42. The van der Waals surface area contributed by atoms with Gasteiger partial charge in [0.25, 0.3) is 0 Å². The Hall–Kier alpha value is -0.120. The van der Waals surface area contributed by atoms with Gasteiger partial charge in [0.1, 0.15) is 0 Å². The second kappa shape index (κ2) is 9.13. The summed E-state index contributed by atoms with van der Waals surface area (Å²) in [4.78, 5) is 0. The van der Waals surface area contributed by atoms with Crippen LogP contribution in [0.1, 0.15) is 32.6 Å². The maximum atomic E-state index is 5.42. The number of piperidine rings is 1. The average Bonchev–Trinajstić information content (AvgIpc) is 2.29. The molecule has 2 N–H and O–H groups in total. The van der Waals surface area contributed by atoms with Crippen molar-refractivity contribution >= 4 is 0 Å². The zero-order valence-corrected chi connectivity index (χ0v) is 10.1. The van der Waals surface area contributed by atoms with Crippen LogP contribution in [0.5, 0.6) is 0 Å². The fourth-order valence-electron chi connectivity index (χ4n) is 1.94. The van der Waals surface area contributed by atoms with Crippen molar-refractivity contribution in [2.45, 2.75) is 32.6 Å². The molecule has 0 saturated carbocycles. The van der Waals surface area contributed by atoms with Crippen molar-refractivity contribution in [2.24, 2.45) is 5.92 Å². The normalized spacial score (nSPS) is 18.2. The highest BCUT2D eigenvalue weighted by Crippen LogP contribution is 2.09. The summed E-state index contributed by atoms with van der Waals surface area (Å²) in [6, 6.07) is 0. The van der Waals surface area contributed by atoms with Crippen molar-refractivity contribution in [3.63, 3.8) is 0 Å². The first kappa shape index (κ1) is 12.9. The van der Waals surface area contributed by atoms with Gasteiger partial charge in [-0.2, -0.15) is 0 Å². The van der Waals surface area contributed by atoms with Crippen LogP contribution in [0.25, 0.3) is 0 Å². The minimum Gasteiger partial charge on any atom is -0.381 e. The lowest BCUT2D eigenvalue weighted by Gasteiger charge is -2.22. The number of hydrogen-bond acceptors (Lipinski definition) is 3. The van der Waals surface area contributed by atoms with E-state index in [1.165, 1.54) is 32.5 Å². The number of nitrogens with one attached hydrogen (secondary N) is 2. The largest absolute Gasteiger partial charge is 0.381 e. The molecule has 0 aromatic rings. The van der Waals surface area contributed by atoms with E-state index in [1.807, 2.05) is 0 Å². The number of rotatable bonds is 8. The fourth-order valence-corrected chi connectivity index (χ4v) is 1.94. The summed E-state index contributed by atoms with van der Waals surface area (Å²) in [5.74, 6) is 0.891. The van der Waals surface area contributed by atoms with Crippen LogP contribution in [0, 0.1) is 5.92 Å². The van der Waals surface area contributed by atoms with Gasteiger partial charge in [-0.15, -0.1) is 0 Å². The van der Waals surface area contributed by atoms with Gasteiger partial charge in [0, 0.05) is 13.2 Å². The third-order valence-electron chi connectivity index (χ3n) is 2.88. The molecule has 0 spiro atoms.